The van der Waals surface area contributed by atoms with Gasteiger partial charge in [0.25, 0.3) is 5.56 Å². The second-order valence-electron chi connectivity index (χ2n) is 5.50. The van der Waals surface area contributed by atoms with Crippen LogP contribution in [0.5, 0.6) is 0 Å². The number of hydrogen-bond donors (Lipinski definition) is 2. The molecule has 1 aliphatic heterocycles. The Kier molecular flexibility index (Phi) is 4.03. The molecule has 4 nitrogen and oxygen atoms in total. The Morgan fingerprint density at radius 3 is 2.62 bits per heavy atom. The van der Waals surface area contributed by atoms with E-state index in [0.29, 0.717) is 11.3 Å². The molecule has 0 atom stereocenters. The minimum atomic E-state index is -0.0558. The van der Waals surface area contributed by atoms with Crippen LogP contribution >= 0.6 is 12.2 Å². The number of aromatic nitrogens is 2. The van der Waals surface area contributed by atoms with E-state index in [2.05, 4.69) is 46.1 Å². The van der Waals surface area contributed by atoms with Crippen LogP contribution < -0.4 is 5.56 Å². The Bertz CT molecular complexity index is 745. The Morgan fingerprint density at radius 1 is 1.19 bits per heavy atom. The molecule has 0 radical (unpaired) electrons. The van der Waals surface area contributed by atoms with E-state index in [0.717, 1.165) is 37.2 Å². The van der Waals surface area contributed by atoms with Crippen molar-refractivity contribution in [2.75, 3.05) is 6.54 Å². The van der Waals surface area contributed by atoms with Crippen molar-refractivity contribution in [2.24, 2.45) is 0 Å². The van der Waals surface area contributed by atoms with Crippen LogP contribution in [-0.2, 0) is 25.9 Å². The van der Waals surface area contributed by atoms with Gasteiger partial charge in [-0.1, -0.05) is 31.2 Å². The SMILES string of the molecule is CCc1ccc(CN2CCc3[nH]c(=S)[nH]c(=O)c3C2)cc1. The zero-order chi connectivity index (χ0) is 14.8. The van der Waals surface area contributed by atoms with E-state index in [9.17, 15) is 4.79 Å². The van der Waals surface area contributed by atoms with Gasteiger partial charge in [0.2, 0.25) is 0 Å². The zero-order valence-corrected chi connectivity index (χ0v) is 12.9. The molecule has 0 aliphatic carbocycles. The molecule has 1 aromatic heterocycles. The first-order valence-electron chi connectivity index (χ1n) is 7.30. The average molecular weight is 301 g/mol. The largest absolute Gasteiger partial charge is 0.335 e. The molecular formula is C16H19N3OS. The van der Waals surface area contributed by atoms with Crippen molar-refractivity contribution in [1.82, 2.24) is 14.9 Å². The number of aryl methyl sites for hydroxylation is 1. The van der Waals surface area contributed by atoms with Crippen molar-refractivity contribution in [3.8, 4) is 0 Å². The lowest BCUT2D eigenvalue weighted by atomic mass is 10.1. The van der Waals surface area contributed by atoms with E-state index in [-0.39, 0.29) is 5.56 Å². The number of nitrogens with one attached hydrogen (secondary N) is 2. The summed E-state index contributed by atoms with van der Waals surface area (Å²) in [6, 6.07) is 8.71. The molecule has 2 heterocycles. The van der Waals surface area contributed by atoms with Crippen LogP contribution in [0.3, 0.4) is 0 Å². The summed E-state index contributed by atoms with van der Waals surface area (Å²) >= 11 is 5.02. The lowest BCUT2D eigenvalue weighted by Crippen LogP contribution is -2.35. The van der Waals surface area contributed by atoms with Crippen LogP contribution in [0.4, 0.5) is 0 Å². The van der Waals surface area contributed by atoms with Gasteiger partial charge in [-0.3, -0.25) is 14.7 Å². The van der Waals surface area contributed by atoms with Crippen LogP contribution in [-0.4, -0.2) is 21.4 Å². The third-order valence-corrected chi connectivity index (χ3v) is 4.23. The van der Waals surface area contributed by atoms with Crippen LogP contribution in [0.15, 0.2) is 29.1 Å². The van der Waals surface area contributed by atoms with Crippen molar-refractivity contribution in [3.05, 3.63) is 61.8 Å². The number of benzene rings is 1. The Labute approximate surface area is 128 Å². The molecule has 0 fully saturated rings. The Balaban J connectivity index is 1.76. The molecule has 0 amide bonds. The summed E-state index contributed by atoms with van der Waals surface area (Å²) in [6.07, 6.45) is 1.90. The fourth-order valence-electron chi connectivity index (χ4n) is 2.79. The van der Waals surface area contributed by atoms with Gasteiger partial charge < -0.3 is 4.98 Å². The van der Waals surface area contributed by atoms with Gasteiger partial charge in [-0.15, -0.1) is 0 Å². The molecule has 0 saturated carbocycles. The maximum absolute atomic E-state index is 12.0. The monoisotopic (exact) mass is 301 g/mol. The van der Waals surface area contributed by atoms with Crippen molar-refractivity contribution < 1.29 is 0 Å². The molecule has 1 aromatic carbocycles. The van der Waals surface area contributed by atoms with Gasteiger partial charge in [0.15, 0.2) is 4.77 Å². The number of hydrogen-bond acceptors (Lipinski definition) is 3. The van der Waals surface area contributed by atoms with Gasteiger partial charge in [-0.25, -0.2) is 0 Å². The summed E-state index contributed by atoms with van der Waals surface area (Å²) in [5.41, 5.74) is 4.39. The minimum Gasteiger partial charge on any atom is -0.335 e. The molecule has 0 bridgehead atoms. The van der Waals surface area contributed by atoms with Crippen LogP contribution in [0.25, 0.3) is 0 Å². The summed E-state index contributed by atoms with van der Waals surface area (Å²) < 4.78 is 0.419. The Hall–Kier alpha value is -1.72. The molecule has 0 saturated heterocycles. The summed E-state index contributed by atoms with van der Waals surface area (Å²) in [5, 5.41) is 0. The predicted molar refractivity (Wildman–Crippen MR) is 85.9 cm³/mol. The van der Waals surface area contributed by atoms with E-state index in [1.54, 1.807) is 0 Å². The fraction of sp³-hybridized carbons (Fsp3) is 0.375. The van der Waals surface area contributed by atoms with E-state index in [1.807, 2.05) is 0 Å². The number of nitrogens with zero attached hydrogens (tertiary/aromatic N) is 1. The van der Waals surface area contributed by atoms with Crippen LogP contribution in [0.2, 0.25) is 0 Å². The average Bonchev–Trinajstić information content (AvgIpc) is 2.48. The first kappa shape index (κ1) is 14.2. The number of H-pyrrole nitrogens is 2. The molecule has 110 valence electrons. The highest BCUT2D eigenvalue weighted by Gasteiger charge is 2.19. The molecule has 21 heavy (non-hydrogen) atoms. The molecular weight excluding hydrogens is 282 g/mol. The lowest BCUT2D eigenvalue weighted by Gasteiger charge is -2.27. The van der Waals surface area contributed by atoms with Crippen molar-refractivity contribution in [1.29, 1.82) is 0 Å². The first-order valence-corrected chi connectivity index (χ1v) is 7.71. The standard InChI is InChI=1S/C16H19N3OS/c1-2-11-3-5-12(6-4-11)9-19-8-7-14-13(10-19)15(20)18-16(21)17-14/h3-6H,2,7-10H2,1H3,(H2,17,18,20,21). The maximum atomic E-state index is 12.0. The van der Waals surface area contributed by atoms with Gasteiger partial charge in [-0.05, 0) is 29.8 Å². The van der Waals surface area contributed by atoms with Gasteiger partial charge in [0, 0.05) is 31.7 Å². The molecule has 1 aliphatic rings. The number of aromatic amines is 2. The molecule has 0 unspecified atom stereocenters. The van der Waals surface area contributed by atoms with Gasteiger partial charge in [0.05, 0.1) is 5.56 Å². The maximum Gasteiger partial charge on any atom is 0.256 e. The van der Waals surface area contributed by atoms with E-state index < -0.39 is 0 Å². The van der Waals surface area contributed by atoms with E-state index in [1.165, 1.54) is 11.1 Å². The third-order valence-electron chi connectivity index (χ3n) is 4.03. The molecule has 5 heteroatoms. The molecule has 0 spiro atoms. The van der Waals surface area contributed by atoms with Crippen LogP contribution in [0, 0.1) is 4.77 Å². The third kappa shape index (κ3) is 3.14. The molecule has 3 rings (SSSR count). The summed E-state index contributed by atoms with van der Waals surface area (Å²) in [4.78, 5) is 20.1. The Morgan fingerprint density at radius 2 is 1.90 bits per heavy atom. The van der Waals surface area contributed by atoms with Crippen molar-refractivity contribution in [3.63, 3.8) is 0 Å². The first-order chi connectivity index (χ1) is 10.2. The second-order valence-corrected chi connectivity index (χ2v) is 5.90. The highest BCUT2D eigenvalue weighted by molar-refractivity contribution is 7.71. The second kappa shape index (κ2) is 5.95. The smallest absolute Gasteiger partial charge is 0.256 e. The quantitative estimate of drug-likeness (QED) is 0.857. The van der Waals surface area contributed by atoms with Gasteiger partial charge in [0.1, 0.15) is 0 Å². The molecule has 2 N–H and O–H groups in total. The molecule has 2 aromatic rings. The predicted octanol–water partition coefficient (Wildman–Crippen LogP) is 2.55. The highest BCUT2D eigenvalue weighted by Crippen LogP contribution is 2.16. The zero-order valence-electron chi connectivity index (χ0n) is 12.1. The normalized spacial score (nSPS) is 14.9. The van der Waals surface area contributed by atoms with Crippen LogP contribution in [0.1, 0.15) is 29.3 Å². The minimum absolute atomic E-state index is 0.0558. The topological polar surface area (TPSA) is 51.9 Å². The summed E-state index contributed by atoms with van der Waals surface area (Å²) in [5.74, 6) is 0. The number of fused-ring (bicyclic) bond motifs is 1. The van der Waals surface area contributed by atoms with Gasteiger partial charge >= 0.3 is 0 Å². The highest BCUT2D eigenvalue weighted by atomic mass is 32.1. The van der Waals surface area contributed by atoms with E-state index >= 15 is 0 Å². The lowest BCUT2D eigenvalue weighted by molar-refractivity contribution is 0.241. The van der Waals surface area contributed by atoms with Crippen molar-refractivity contribution >= 4 is 12.2 Å². The number of rotatable bonds is 3. The summed E-state index contributed by atoms with van der Waals surface area (Å²) in [6.45, 7) is 4.65. The van der Waals surface area contributed by atoms with Gasteiger partial charge in [-0.2, -0.15) is 0 Å². The van der Waals surface area contributed by atoms with Crippen molar-refractivity contribution in [2.45, 2.75) is 32.9 Å². The van der Waals surface area contributed by atoms with E-state index in [4.69, 9.17) is 12.2 Å². The fourth-order valence-corrected chi connectivity index (χ4v) is 3.00. The summed E-state index contributed by atoms with van der Waals surface area (Å²) in [7, 11) is 0.